The molecule has 0 heterocycles. The topological polar surface area (TPSA) is 3.24 Å². The van der Waals surface area contributed by atoms with Gasteiger partial charge >= 0.3 is 0 Å². The van der Waals surface area contributed by atoms with Crippen LogP contribution in [0.2, 0.25) is 0 Å². The van der Waals surface area contributed by atoms with Gasteiger partial charge < -0.3 is 4.90 Å². The molecule has 0 radical (unpaired) electrons. The summed E-state index contributed by atoms with van der Waals surface area (Å²) in [6.07, 6.45) is 5.28. The van der Waals surface area contributed by atoms with Crippen molar-refractivity contribution >= 4 is 17.1 Å². The second-order valence-electron chi connectivity index (χ2n) is 21.2. The van der Waals surface area contributed by atoms with E-state index in [1.165, 1.54) is 126 Å². The minimum absolute atomic E-state index is 0.0720. The Hall–Kier alpha value is -8.00. The SMILES string of the molecule is CC1(C)c2ccccc2-c2cccc(-c3ccccc3-c3ccc(N(c4ccc(-c5ccc(-c6ccccc6)cc5)c(-c5ccccc5)c4)c4ccc5c(c4)C4(CC6CCC4C6)c4ccccc4-5)cc3)c21. The molecule has 0 N–H and O–H groups in total. The Balaban J connectivity index is 0.919. The quantitative estimate of drug-likeness (QED) is 0.147. The summed E-state index contributed by atoms with van der Waals surface area (Å²) in [5.41, 5.74) is 27.2. The van der Waals surface area contributed by atoms with Gasteiger partial charge in [-0.05, 0) is 168 Å². The molecule has 10 aromatic carbocycles. The van der Waals surface area contributed by atoms with Crippen LogP contribution < -0.4 is 4.90 Å². The monoisotopic (exact) mass is 909 g/mol. The molecule has 2 fully saturated rings. The first-order chi connectivity index (χ1) is 34.9. The van der Waals surface area contributed by atoms with Crippen LogP contribution in [-0.4, -0.2) is 0 Å². The summed E-state index contributed by atoms with van der Waals surface area (Å²) in [6.45, 7) is 4.78. The van der Waals surface area contributed by atoms with Crippen molar-refractivity contribution in [3.05, 3.63) is 259 Å². The Kier molecular flexibility index (Phi) is 9.62. The van der Waals surface area contributed by atoms with Gasteiger partial charge in [0.15, 0.2) is 0 Å². The zero-order valence-corrected chi connectivity index (χ0v) is 40.4. The molecule has 340 valence electrons. The van der Waals surface area contributed by atoms with Crippen LogP contribution in [0.3, 0.4) is 0 Å². The number of hydrogen-bond acceptors (Lipinski definition) is 1. The molecule has 1 spiro atoms. The zero-order valence-electron chi connectivity index (χ0n) is 40.4. The molecule has 3 atom stereocenters. The van der Waals surface area contributed by atoms with Crippen LogP contribution >= 0.6 is 0 Å². The van der Waals surface area contributed by atoms with Gasteiger partial charge in [-0.1, -0.05) is 220 Å². The van der Waals surface area contributed by atoms with E-state index in [4.69, 9.17) is 0 Å². The Morgan fingerprint density at radius 2 is 0.803 bits per heavy atom. The third kappa shape index (κ3) is 6.52. The number of nitrogens with zero attached hydrogens (tertiary/aromatic N) is 1. The van der Waals surface area contributed by atoms with Crippen LogP contribution in [0, 0.1) is 11.8 Å². The van der Waals surface area contributed by atoms with E-state index < -0.39 is 0 Å². The highest BCUT2D eigenvalue weighted by Crippen LogP contribution is 2.66. The summed E-state index contributed by atoms with van der Waals surface area (Å²) < 4.78 is 0. The number of fused-ring (bicyclic) bond motifs is 11. The number of benzene rings is 10. The van der Waals surface area contributed by atoms with Gasteiger partial charge in [-0.15, -0.1) is 0 Å². The molecular weight excluding hydrogens is 855 g/mol. The molecule has 0 aromatic heterocycles. The first-order valence-corrected chi connectivity index (χ1v) is 25.8. The summed E-state index contributed by atoms with van der Waals surface area (Å²) in [4.78, 5) is 2.53. The Bertz CT molecular complexity index is 3680. The maximum atomic E-state index is 2.59. The molecule has 4 aliphatic carbocycles. The Labute approximate surface area is 418 Å². The van der Waals surface area contributed by atoms with Crippen LogP contribution in [0.5, 0.6) is 0 Å². The molecule has 1 heteroatoms. The van der Waals surface area contributed by atoms with Crippen LogP contribution in [0.1, 0.15) is 61.8 Å². The van der Waals surface area contributed by atoms with E-state index in [0.29, 0.717) is 5.92 Å². The number of hydrogen-bond donors (Lipinski definition) is 0. The van der Waals surface area contributed by atoms with Crippen LogP contribution in [0.25, 0.3) is 77.9 Å². The maximum Gasteiger partial charge on any atom is 0.0468 e. The number of rotatable bonds is 8. The third-order valence-corrected chi connectivity index (χ3v) is 17.2. The fourth-order valence-corrected chi connectivity index (χ4v) is 14.0. The Morgan fingerprint density at radius 3 is 1.48 bits per heavy atom. The highest BCUT2D eigenvalue weighted by molar-refractivity contribution is 5.95. The average molecular weight is 910 g/mol. The van der Waals surface area contributed by atoms with Gasteiger partial charge in [0.2, 0.25) is 0 Å². The molecule has 71 heavy (non-hydrogen) atoms. The summed E-state index contributed by atoms with van der Waals surface area (Å²) in [7, 11) is 0. The van der Waals surface area contributed by atoms with Crippen molar-refractivity contribution in [1.29, 1.82) is 0 Å². The molecule has 3 unspecified atom stereocenters. The van der Waals surface area contributed by atoms with E-state index >= 15 is 0 Å². The van der Waals surface area contributed by atoms with E-state index in [1.54, 1.807) is 5.56 Å². The van der Waals surface area contributed by atoms with Crippen molar-refractivity contribution in [2.24, 2.45) is 11.8 Å². The lowest BCUT2D eigenvalue weighted by Gasteiger charge is -2.37. The van der Waals surface area contributed by atoms with E-state index in [2.05, 4.69) is 255 Å². The fourth-order valence-electron chi connectivity index (χ4n) is 14.0. The molecule has 0 saturated heterocycles. The molecular formula is C70H55N. The van der Waals surface area contributed by atoms with Crippen LogP contribution in [0.15, 0.2) is 237 Å². The zero-order chi connectivity index (χ0) is 47.3. The molecule has 0 aliphatic heterocycles. The standard InChI is InChI=1S/C70H55N/c1-69(2)65-26-13-11-23-60(65)63-25-15-24-62(68(63)69)58-21-10-9-20-56(58)51-33-36-53(37-34-51)71(55-39-41-61-59-22-12-14-27-66(59)70(67(61)44-55)45-46-28-35-52(70)42-46)54-38-40-57(64(43-54)49-18-7-4-8-19-49)50-31-29-48(30-32-50)47-16-5-3-6-17-47/h3-27,29-34,36-41,43-44,46,52H,28,35,42,45H2,1-2H3. The molecule has 14 rings (SSSR count). The van der Waals surface area contributed by atoms with Crippen LogP contribution in [-0.2, 0) is 10.8 Å². The van der Waals surface area contributed by atoms with E-state index in [0.717, 1.165) is 17.3 Å². The molecule has 0 amide bonds. The molecule has 2 saturated carbocycles. The second kappa shape index (κ2) is 16.3. The second-order valence-corrected chi connectivity index (χ2v) is 21.2. The van der Waals surface area contributed by atoms with Gasteiger partial charge in [-0.2, -0.15) is 0 Å². The highest BCUT2D eigenvalue weighted by atomic mass is 15.1. The van der Waals surface area contributed by atoms with Gasteiger partial charge in [0, 0.05) is 27.9 Å². The lowest BCUT2D eigenvalue weighted by Crippen LogP contribution is -2.32. The highest BCUT2D eigenvalue weighted by Gasteiger charge is 2.56. The minimum atomic E-state index is -0.117. The first-order valence-electron chi connectivity index (χ1n) is 25.8. The predicted octanol–water partition coefficient (Wildman–Crippen LogP) is 18.9. The number of anilines is 3. The van der Waals surface area contributed by atoms with Gasteiger partial charge in [0.05, 0.1) is 0 Å². The smallest absolute Gasteiger partial charge is 0.0468 e. The van der Waals surface area contributed by atoms with E-state index in [1.807, 2.05) is 0 Å². The largest absolute Gasteiger partial charge is 0.310 e. The lowest BCUT2D eigenvalue weighted by atomic mass is 9.67. The van der Waals surface area contributed by atoms with E-state index in [-0.39, 0.29) is 10.8 Å². The minimum Gasteiger partial charge on any atom is -0.310 e. The van der Waals surface area contributed by atoms with Crippen molar-refractivity contribution in [3.8, 4) is 77.9 Å². The average Bonchev–Trinajstić information content (AvgIpc) is 4.19. The summed E-state index contributed by atoms with van der Waals surface area (Å²) in [5.74, 6) is 1.48. The molecule has 4 aliphatic rings. The van der Waals surface area contributed by atoms with Crippen molar-refractivity contribution in [1.82, 2.24) is 0 Å². The van der Waals surface area contributed by atoms with Gasteiger partial charge in [-0.25, -0.2) is 0 Å². The van der Waals surface area contributed by atoms with Gasteiger partial charge in [-0.3, -0.25) is 0 Å². The summed E-state index contributed by atoms with van der Waals surface area (Å²) in [6, 6.07) is 88.9. The summed E-state index contributed by atoms with van der Waals surface area (Å²) in [5, 5.41) is 0. The van der Waals surface area contributed by atoms with Crippen LogP contribution in [0.4, 0.5) is 17.1 Å². The van der Waals surface area contributed by atoms with Gasteiger partial charge in [0.25, 0.3) is 0 Å². The van der Waals surface area contributed by atoms with Gasteiger partial charge in [0.1, 0.15) is 0 Å². The van der Waals surface area contributed by atoms with Crippen molar-refractivity contribution < 1.29 is 0 Å². The Morgan fingerprint density at radius 1 is 0.338 bits per heavy atom. The van der Waals surface area contributed by atoms with Crippen molar-refractivity contribution in [2.45, 2.75) is 50.4 Å². The normalized spacial score (nSPS) is 18.5. The van der Waals surface area contributed by atoms with Crippen molar-refractivity contribution in [2.75, 3.05) is 4.90 Å². The molecule has 2 bridgehead atoms. The third-order valence-electron chi connectivity index (χ3n) is 17.2. The lowest BCUT2D eigenvalue weighted by molar-refractivity contribution is 0.327. The molecule has 1 nitrogen and oxygen atoms in total. The van der Waals surface area contributed by atoms with E-state index in [9.17, 15) is 0 Å². The molecule has 10 aromatic rings. The fraction of sp³-hybridized carbons (Fsp3) is 0.143. The van der Waals surface area contributed by atoms with Crippen molar-refractivity contribution in [3.63, 3.8) is 0 Å². The summed E-state index contributed by atoms with van der Waals surface area (Å²) >= 11 is 0. The maximum absolute atomic E-state index is 2.59. The first kappa shape index (κ1) is 41.9. The predicted molar refractivity (Wildman–Crippen MR) is 298 cm³/mol.